The van der Waals surface area contributed by atoms with Crippen molar-refractivity contribution in [3.05, 3.63) is 23.7 Å². The van der Waals surface area contributed by atoms with Crippen molar-refractivity contribution in [2.75, 3.05) is 12.3 Å². The second-order valence-electron chi connectivity index (χ2n) is 3.17. The van der Waals surface area contributed by atoms with Gasteiger partial charge in [-0.15, -0.1) is 10.2 Å². The second kappa shape index (κ2) is 5.87. The van der Waals surface area contributed by atoms with E-state index >= 15 is 0 Å². The molecule has 0 aromatic carbocycles. The van der Waals surface area contributed by atoms with Gasteiger partial charge in [0.05, 0.1) is 18.6 Å². The smallest absolute Gasteiger partial charge is 0.341 e. The van der Waals surface area contributed by atoms with E-state index in [2.05, 4.69) is 10.2 Å². The standard InChI is InChI=1S/C10H11N3O3S2/c1-2-15-8(14)6-3-4-16-7(6)5-17-10-13-12-9(11)18-10/h3-4H,2,5H2,1H3,(H2,11,12). The van der Waals surface area contributed by atoms with Gasteiger partial charge in [-0.25, -0.2) is 4.79 Å². The molecule has 0 radical (unpaired) electrons. The van der Waals surface area contributed by atoms with Crippen molar-refractivity contribution in [2.24, 2.45) is 0 Å². The average molecular weight is 285 g/mol. The molecule has 0 aliphatic rings. The lowest BCUT2D eigenvalue weighted by Crippen LogP contribution is -2.05. The van der Waals surface area contributed by atoms with Crippen LogP contribution in [0.3, 0.4) is 0 Å². The first-order valence-corrected chi connectivity index (χ1v) is 6.96. The van der Waals surface area contributed by atoms with Crippen LogP contribution < -0.4 is 5.73 Å². The van der Waals surface area contributed by atoms with Crippen molar-refractivity contribution in [3.8, 4) is 0 Å². The van der Waals surface area contributed by atoms with E-state index in [0.29, 0.717) is 28.8 Å². The monoisotopic (exact) mass is 285 g/mol. The van der Waals surface area contributed by atoms with E-state index in [1.165, 1.54) is 29.4 Å². The summed E-state index contributed by atoms with van der Waals surface area (Å²) in [5, 5.41) is 8.00. The number of hydrogen-bond donors (Lipinski definition) is 1. The summed E-state index contributed by atoms with van der Waals surface area (Å²) >= 11 is 2.71. The fourth-order valence-electron chi connectivity index (χ4n) is 1.25. The molecule has 18 heavy (non-hydrogen) atoms. The molecule has 0 saturated heterocycles. The second-order valence-corrected chi connectivity index (χ2v) is 5.40. The van der Waals surface area contributed by atoms with E-state index in [0.717, 1.165) is 4.34 Å². The summed E-state index contributed by atoms with van der Waals surface area (Å²) in [6.45, 7) is 2.10. The number of furan rings is 1. The Bertz CT molecular complexity index is 538. The first-order chi connectivity index (χ1) is 8.70. The van der Waals surface area contributed by atoms with Gasteiger partial charge in [0.1, 0.15) is 11.3 Å². The first kappa shape index (κ1) is 12.9. The van der Waals surface area contributed by atoms with E-state index in [1.807, 2.05) is 0 Å². The molecule has 2 rings (SSSR count). The number of hydrogen-bond acceptors (Lipinski definition) is 8. The Morgan fingerprint density at radius 2 is 2.44 bits per heavy atom. The lowest BCUT2D eigenvalue weighted by molar-refractivity contribution is 0.0524. The molecule has 0 amide bonds. The van der Waals surface area contributed by atoms with Gasteiger partial charge in [0, 0.05) is 0 Å². The minimum Gasteiger partial charge on any atom is -0.468 e. The summed E-state index contributed by atoms with van der Waals surface area (Å²) in [5.74, 6) is 0.668. The SMILES string of the molecule is CCOC(=O)c1ccoc1CSc1nnc(N)s1. The molecule has 0 saturated carbocycles. The highest BCUT2D eigenvalue weighted by molar-refractivity contribution is 8.00. The number of carbonyl (C=O) groups is 1. The number of nitrogens with zero attached hydrogens (tertiary/aromatic N) is 2. The minimum absolute atomic E-state index is 0.337. The van der Waals surface area contributed by atoms with E-state index in [-0.39, 0.29) is 5.97 Å². The van der Waals surface area contributed by atoms with Gasteiger partial charge in [-0.3, -0.25) is 0 Å². The van der Waals surface area contributed by atoms with Gasteiger partial charge in [-0.1, -0.05) is 23.1 Å². The normalized spacial score (nSPS) is 10.5. The quantitative estimate of drug-likeness (QED) is 0.665. The Morgan fingerprint density at radius 3 is 3.11 bits per heavy atom. The molecule has 0 spiro atoms. The molecule has 2 aromatic heterocycles. The van der Waals surface area contributed by atoms with Crippen LogP contribution in [0.15, 0.2) is 21.1 Å². The number of carbonyl (C=O) groups excluding carboxylic acids is 1. The molecule has 6 nitrogen and oxygen atoms in total. The van der Waals surface area contributed by atoms with Crippen molar-refractivity contribution < 1.29 is 13.9 Å². The molecule has 8 heteroatoms. The summed E-state index contributed by atoms with van der Waals surface area (Å²) in [5.41, 5.74) is 5.93. The Morgan fingerprint density at radius 1 is 1.61 bits per heavy atom. The minimum atomic E-state index is -0.376. The van der Waals surface area contributed by atoms with Gasteiger partial charge in [-0.05, 0) is 13.0 Å². The number of ether oxygens (including phenoxy) is 1. The Labute approximate surface area is 112 Å². The third-order valence-electron chi connectivity index (χ3n) is 1.99. The zero-order valence-corrected chi connectivity index (χ0v) is 11.2. The van der Waals surface area contributed by atoms with Crippen LogP contribution in [-0.2, 0) is 10.5 Å². The zero-order valence-electron chi connectivity index (χ0n) is 9.58. The van der Waals surface area contributed by atoms with Gasteiger partial charge < -0.3 is 14.9 Å². The fraction of sp³-hybridized carbons (Fsp3) is 0.300. The van der Waals surface area contributed by atoms with Gasteiger partial charge in [0.2, 0.25) is 5.13 Å². The number of anilines is 1. The van der Waals surface area contributed by atoms with Crippen LogP contribution in [0.25, 0.3) is 0 Å². The predicted molar refractivity (Wildman–Crippen MR) is 68.5 cm³/mol. The van der Waals surface area contributed by atoms with Crippen molar-refractivity contribution in [1.29, 1.82) is 0 Å². The first-order valence-electron chi connectivity index (χ1n) is 5.16. The summed E-state index contributed by atoms with van der Waals surface area (Å²) in [7, 11) is 0. The maximum atomic E-state index is 11.6. The fourth-order valence-corrected chi connectivity index (χ4v) is 2.84. The largest absolute Gasteiger partial charge is 0.468 e. The van der Waals surface area contributed by atoms with Gasteiger partial charge in [0.25, 0.3) is 0 Å². The maximum Gasteiger partial charge on any atom is 0.341 e. The molecule has 2 heterocycles. The van der Waals surface area contributed by atoms with Crippen molar-refractivity contribution >= 4 is 34.2 Å². The Kier molecular flexibility index (Phi) is 4.21. The molecule has 2 aromatic rings. The zero-order chi connectivity index (χ0) is 13.0. The molecule has 0 aliphatic heterocycles. The number of aromatic nitrogens is 2. The number of thioether (sulfide) groups is 1. The van der Waals surface area contributed by atoms with Gasteiger partial charge >= 0.3 is 5.97 Å². The molecular weight excluding hydrogens is 274 g/mol. The third-order valence-corrected chi connectivity index (χ3v) is 3.88. The van der Waals surface area contributed by atoms with Gasteiger partial charge in [0.15, 0.2) is 4.34 Å². The van der Waals surface area contributed by atoms with Crippen LogP contribution in [-0.4, -0.2) is 22.8 Å². The molecular formula is C10H11N3O3S2. The summed E-state index contributed by atoms with van der Waals surface area (Å²) in [6, 6.07) is 1.60. The molecule has 0 unspecified atom stereocenters. The number of nitrogen functional groups attached to an aromatic ring is 1. The number of esters is 1. The van der Waals surface area contributed by atoms with E-state index < -0.39 is 0 Å². The number of rotatable bonds is 5. The predicted octanol–water partition coefficient (Wildman–Crippen LogP) is 2.18. The van der Waals surface area contributed by atoms with Crippen LogP contribution >= 0.6 is 23.1 Å². The maximum absolute atomic E-state index is 11.6. The molecule has 0 fully saturated rings. The van der Waals surface area contributed by atoms with Crippen LogP contribution in [0, 0.1) is 0 Å². The third kappa shape index (κ3) is 3.02. The van der Waals surface area contributed by atoms with E-state index in [4.69, 9.17) is 14.9 Å². The summed E-state index contributed by atoms with van der Waals surface area (Å²) in [6.07, 6.45) is 1.47. The van der Waals surface area contributed by atoms with Crippen LogP contribution in [0.5, 0.6) is 0 Å². The lowest BCUT2D eigenvalue weighted by atomic mass is 10.3. The number of nitrogens with two attached hydrogens (primary N) is 1. The Hall–Kier alpha value is -1.54. The van der Waals surface area contributed by atoms with Crippen molar-refractivity contribution in [3.63, 3.8) is 0 Å². The highest BCUT2D eigenvalue weighted by atomic mass is 32.2. The Balaban J connectivity index is 2.01. The molecule has 2 N–H and O–H groups in total. The molecule has 0 atom stereocenters. The van der Waals surface area contributed by atoms with Crippen LogP contribution in [0.1, 0.15) is 23.0 Å². The highest BCUT2D eigenvalue weighted by Gasteiger charge is 2.16. The molecule has 0 bridgehead atoms. The van der Waals surface area contributed by atoms with E-state index in [9.17, 15) is 4.79 Å². The van der Waals surface area contributed by atoms with E-state index in [1.54, 1.807) is 13.0 Å². The molecule has 0 aliphatic carbocycles. The lowest BCUT2D eigenvalue weighted by Gasteiger charge is -2.01. The van der Waals surface area contributed by atoms with Crippen LogP contribution in [0.2, 0.25) is 0 Å². The van der Waals surface area contributed by atoms with Crippen molar-refractivity contribution in [2.45, 2.75) is 17.0 Å². The highest BCUT2D eigenvalue weighted by Crippen LogP contribution is 2.28. The summed E-state index contributed by atoms with van der Waals surface area (Å²) < 4.78 is 10.9. The molecule has 96 valence electrons. The summed E-state index contributed by atoms with van der Waals surface area (Å²) in [4.78, 5) is 11.6. The topological polar surface area (TPSA) is 91.2 Å². The van der Waals surface area contributed by atoms with Crippen molar-refractivity contribution in [1.82, 2.24) is 10.2 Å². The van der Waals surface area contributed by atoms with Gasteiger partial charge in [-0.2, -0.15) is 0 Å². The average Bonchev–Trinajstić information content (AvgIpc) is 2.95. The van der Waals surface area contributed by atoms with Crippen LogP contribution in [0.4, 0.5) is 5.13 Å².